The van der Waals surface area contributed by atoms with Crippen LogP contribution < -0.4 is 16.4 Å². The van der Waals surface area contributed by atoms with Gasteiger partial charge in [-0.3, -0.25) is 10.2 Å². The molecule has 0 aromatic heterocycles. The predicted molar refractivity (Wildman–Crippen MR) is 65.5 cm³/mol. The summed E-state index contributed by atoms with van der Waals surface area (Å²) in [4.78, 5) is 9.00. The Kier molecular flexibility index (Phi) is 12.4. The van der Waals surface area contributed by atoms with E-state index in [1.807, 2.05) is 6.92 Å². The lowest BCUT2D eigenvalue weighted by Gasteiger charge is -2.07. The van der Waals surface area contributed by atoms with Gasteiger partial charge in [0.05, 0.1) is 6.61 Å². The van der Waals surface area contributed by atoms with Gasteiger partial charge in [-0.2, -0.15) is 0 Å². The van der Waals surface area contributed by atoms with Crippen LogP contribution in [0.15, 0.2) is 0 Å². The van der Waals surface area contributed by atoms with Crippen molar-refractivity contribution >= 4 is 29.3 Å². The molecule has 0 heterocycles. The van der Waals surface area contributed by atoms with E-state index >= 15 is 0 Å². The maximum Gasteiger partial charge on any atom is 0.300 e. The molecule has 6 N–H and O–H groups in total. The van der Waals surface area contributed by atoms with E-state index in [1.54, 1.807) is 0 Å². The molecular formula is C8H18N4O3S. The zero-order valence-electron chi connectivity index (χ0n) is 9.37. The third-order valence-corrected chi connectivity index (χ3v) is 1.10. The summed E-state index contributed by atoms with van der Waals surface area (Å²) in [5.41, 5.74) is 5.13. The van der Waals surface area contributed by atoms with Crippen LogP contribution in [0.1, 0.15) is 13.8 Å². The minimum Gasteiger partial charge on any atom is -0.481 e. The van der Waals surface area contributed by atoms with Crippen LogP contribution in [0.5, 0.6) is 0 Å². The molecular weight excluding hydrogens is 232 g/mol. The number of carbonyl (C=O) groups is 1. The fraction of sp³-hybridized carbons (Fsp3) is 0.625. The van der Waals surface area contributed by atoms with E-state index in [0.717, 1.165) is 6.92 Å². The second-order valence-electron chi connectivity index (χ2n) is 2.51. The number of hydrogen-bond acceptors (Lipinski definition) is 4. The Morgan fingerprint density at radius 2 is 2.12 bits per heavy atom. The van der Waals surface area contributed by atoms with Crippen molar-refractivity contribution in [2.75, 3.05) is 19.8 Å². The number of aliphatic carboxylic acids is 1. The summed E-state index contributed by atoms with van der Waals surface area (Å²) in [5, 5.41) is 19.9. The zero-order chi connectivity index (χ0) is 13.0. The molecule has 7 nitrogen and oxygen atoms in total. The lowest BCUT2D eigenvalue weighted by Crippen LogP contribution is -2.43. The Hall–Kier alpha value is -1.41. The van der Waals surface area contributed by atoms with Crippen molar-refractivity contribution < 1.29 is 14.6 Å². The molecule has 0 radical (unpaired) electrons. The van der Waals surface area contributed by atoms with Crippen molar-refractivity contribution in [3.63, 3.8) is 0 Å². The highest BCUT2D eigenvalue weighted by Gasteiger charge is 1.94. The number of thiocarbonyl (C=S) groups is 1. The summed E-state index contributed by atoms with van der Waals surface area (Å²) in [6.45, 7) is 4.82. The van der Waals surface area contributed by atoms with Gasteiger partial charge in [0.25, 0.3) is 5.97 Å². The monoisotopic (exact) mass is 250 g/mol. The molecule has 0 aliphatic carbocycles. The molecule has 8 heteroatoms. The standard InChI is InChI=1S/C6H14N4OS.C2H4O2/c1-2-11-4-3-9-5(7)10-6(8)12;1-2(3)4/h2-4H2,1H3,(H5,7,8,9,10,12);1H3,(H,3,4). The van der Waals surface area contributed by atoms with Crippen molar-refractivity contribution in [1.29, 1.82) is 5.41 Å². The summed E-state index contributed by atoms with van der Waals surface area (Å²) in [6.07, 6.45) is 0. The van der Waals surface area contributed by atoms with E-state index in [1.165, 1.54) is 0 Å². The SMILES string of the molecule is CC(=O)O.CCOCCNC(=N)NC(N)=S. The zero-order valence-corrected chi connectivity index (χ0v) is 10.2. The van der Waals surface area contributed by atoms with Gasteiger partial charge in [0, 0.05) is 20.1 Å². The van der Waals surface area contributed by atoms with Crippen LogP contribution in [0, 0.1) is 5.41 Å². The van der Waals surface area contributed by atoms with Gasteiger partial charge in [0.2, 0.25) is 0 Å². The van der Waals surface area contributed by atoms with E-state index in [0.29, 0.717) is 19.8 Å². The van der Waals surface area contributed by atoms with Crippen LogP contribution >= 0.6 is 12.2 Å². The van der Waals surface area contributed by atoms with Gasteiger partial charge in [0.1, 0.15) is 0 Å². The number of ether oxygens (including phenoxy) is 1. The Balaban J connectivity index is 0. The topological polar surface area (TPSA) is 120 Å². The molecule has 0 aromatic carbocycles. The lowest BCUT2D eigenvalue weighted by molar-refractivity contribution is -0.134. The van der Waals surface area contributed by atoms with E-state index in [-0.39, 0.29) is 11.1 Å². The second kappa shape index (κ2) is 11.7. The first-order chi connectivity index (χ1) is 7.40. The molecule has 0 aromatic rings. The average molecular weight is 250 g/mol. The maximum absolute atomic E-state index is 9.00. The number of nitrogens with two attached hydrogens (primary N) is 1. The minimum absolute atomic E-state index is 0.0870. The van der Waals surface area contributed by atoms with Crippen molar-refractivity contribution in [3.8, 4) is 0 Å². The number of nitrogens with one attached hydrogen (secondary N) is 3. The molecule has 0 saturated heterocycles. The van der Waals surface area contributed by atoms with Crippen LogP contribution in [-0.2, 0) is 9.53 Å². The average Bonchev–Trinajstić information content (AvgIpc) is 2.10. The van der Waals surface area contributed by atoms with E-state index in [9.17, 15) is 0 Å². The molecule has 0 saturated carbocycles. The third-order valence-electron chi connectivity index (χ3n) is 1.00. The summed E-state index contributed by atoms with van der Waals surface area (Å²) in [5.74, 6) is -0.734. The van der Waals surface area contributed by atoms with Crippen LogP contribution in [0.2, 0.25) is 0 Å². The van der Waals surface area contributed by atoms with Gasteiger partial charge in [0.15, 0.2) is 11.1 Å². The Labute approximate surface area is 99.9 Å². The molecule has 0 rings (SSSR count). The molecule has 0 spiro atoms. The number of carboxylic acid groups (broad SMARTS) is 1. The fourth-order valence-electron chi connectivity index (χ4n) is 0.560. The number of hydrogen-bond donors (Lipinski definition) is 5. The number of carboxylic acids is 1. The molecule has 0 amide bonds. The van der Waals surface area contributed by atoms with E-state index in [4.69, 9.17) is 25.8 Å². The van der Waals surface area contributed by atoms with Crippen molar-refractivity contribution in [2.24, 2.45) is 5.73 Å². The van der Waals surface area contributed by atoms with Crippen LogP contribution in [0.25, 0.3) is 0 Å². The molecule has 0 unspecified atom stereocenters. The first kappa shape index (κ1) is 17.0. The van der Waals surface area contributed by atoms with Gasteiger partial charge in [-0.05, 0) is 19.1 Å². The van der Waals surface area contributed by atoms with Gasteiger partial charge >= 0.3 is 0 Å². The van der Waals surface area contributed by atoms with Crippen LogP contribution in [0.3, 0.4) is 0 Å². The fourth-order valence-corrected chi connectivity index (χ4v) is 0.662. The van der Waals surface area contributed by atoms with Gasteiger partial charge in [-0.15, -0.1) is 0 Å². The molecule has 0 bridgehead atoms. The molecule has 16 heavy (non-hydrogen) atoms. The summed E-state index contributed by atoms with van der Waals surface area (Å²) in [7, 11) is 0. The normalized spacial score (nSPS) is 8.38. The minimum atomic E-state index is -0.833. The summed E-state index contributed by atoms with van der Waals surface area (Å²) < 4.78 is 5.04. The molecule has 94 valence electrons. The Morgan fingerprint density at radius 1 is 1.62 bits per heavy atom. The van der Waals surface area contributed by atoms with Crippen molar-refractivity contribution in [2.45, 2.75) is 13.8 Å². The van der Waals surface area contributed by atoms with Crippen LogP contribution in [-0.4, -0.2) is 41.9 Å². The van der Waals surface area contributed by atoms with Crippen molar-refractivity contribution in [1.82, 2.24) is 10.6 Å². The van der Waals surface area contributed by atoms with E-state index < -0.39 is 5.97 Å². The van der Waals surface area contributed by atoms with Gasteiger partial charge in [-0.25, -0.2) is 0 Å². The van der Waals surface area contributed by atoms with Gasteiger partial charge < -0.3 is 26.2 Å². The first-order valence-corrected chi connectivity index (χ1v) is 4.97. The largest absolute Gasteiger partial charge is 0.481 e. The summed E-state index contributed by atoms with van der Waals surface area (Å²) >= 11 is 4.53. The summed E-state index contributed by atoms with van der Waals surface area (Å²) in [6, 6.07) is 0. The predicted octanol–water partition coefficient (Wildman–Crippen LogP) is -0.529. The molecule has 0 aliphatic rings. The number of rotatable bonds is 4. The highest BCUT2D eigenvalue weighted by Crippen LogP contribution is 1.70. The smallest absolute Gasteiger partial charge is 0.300 e. The third kappa shape index (κ3) is 22.9. The Morgan fingerprint density at radius 3 is 2.50 bits per heavy atom. The highest BCUT2D eigenvalue weighted by atomic mass is 32.1. The van der Waals surface area contributed by atoms with Gasteiger partial charge in [-0.1, -0.05) is 0 Å². The maximum atomic E-state index is 9.00. The second-order valence-corrected chi connectivity index (χ2v) is 2.95. The highest BCUT2D eigenvalue weighted by molar-refractivity contribution is 7.80. The molecule has 0 fully saturated rings. The lowest BCUT2D eigenvalue weighted by atomic mass is 10.6. The first-order valence-electron chi connectivity index (χ1n) is 4.56. The number of guanidine groups is 1. The molecule has 0 atom stereocenters. The van der Waals surface area contributed by atoms with Crippen LogP contribution in [0.4, 0.5) is 0 Å². The van der Waals surface area contributed by atoms with E-state index in [2.05, 4.69) is 22.9 Å². The molecule has 0 aliphatic heterocycles. The Bertz CT molecular complexity index is 231. The quantitative estimate of drug-likeness (QED) is 0.197. The van der Waals surface area contributed by atoms with Crippen molar-refractivity contribution in [3.05, 3.63) is 0 Å².